The minimum absolute atomic E-state index is 0.0382. The fraction of sp³-hybridized carbons (Fsp3) is 0.455. The van der Waals surface area contributed by atoms with Gasteiger partial charge in [-0.25, -0.2) is 0 Å². The Hall–Kier alpha value is -0.870. The first-order valence-corrected chi connectivity index (χ1v) is 6.25. The molecule has 1 unspecified atom stereocenters. The lowest BCUT2D eigenvalue weighted by molar-refractivity contribution is 0.470. The Kier molecular flexibility index (Phi) is 3.07. The van der Waals surface area contributed by atoms with E-state index in [1.165, 1.54) is 0 Å². The minimum atomic E-state index is -0.0382. The Bertz CT molecular complexity index is 337. The number of aromatic hydroxyl groups is 1. The van der Waals surface area contributed by atoms with Crippen molar-refractivity contribution in [2.24, 2.45) is 5.73 Å². The summed E-state index contributed by atoms with van der Waals surface area (Å²) in [6, 6.07) is 7.30. The molecular formula is C11H16N2OS. The molecule has 1 fully saturated rings. The number of hydrogen-bond donors (Lipinski definition) is 3. The molecule has 0 saturated carbocycles. The molecule has 1 aromatic rings. The van der Waals surface area contributed by atoms with Crippen LogP contribution < -0.4 is 11.1 Å². The van der Waals surface area contributed by atoms with Gasteiger partial charge in [0, 0.05) is 12.3 Å². The second-order valence-electron chi connectivity index (χ2n) is 3.93. The summed E-state index contributed by atoms with van der Waals surface area (Å²) in [4.78, 5) is 0. The number of benzene rings is 1. The number of phenols is 1. The van der Waals surface area contributed by atoms with Gasteiger partial charge in [0.15, 0.2) is 0 Å². The van der Waals surface area contributed by atoms with Crippen LogP contribution in [0.25, 0.3) is 0 Å². The first-order chi connectivity index (χ1) is 7.26. The van der Waals surface area contributed by atoms with Crippen LogP contribution in [0.4, 0.5) is 5.69 Å². The summed E-state index contributed by atoms with van der Waals surface area (Å²) in [5.41, 5.74) is 6.55. The number of thioether (sulfide) groups is 1. The molecule has 15 heavy (non-hydrogen) atoms. The van der Waals surface area contributed by atoms with Crippen LogP contribution in [0.2, 0.25) is 0 Å². The van der Waals surface area contributed by atoms with Crippen LogP contribution in [0.5, 0.6) is 5.75 Å². The molecule has 0 aromatic heterocycles. The molecule has 1 saturated heterocycles. The van der Waals surface area contributed by atoms with Crippen molar-refractivity contribution in [2.75, 3.05) is 23.4 Å². The van der Waals surface area contributed by atoms with Gasteiger partial charge in [-0.15, -0.1) is 0 Å². The van der Waals surface area contributed by atoms with Gasteiger partial charge in [0.1, 0.15) is 5.75 Å². The van der Waals surface area contributed by atoms with Crippen molar-refractivity contribution in [1.29, 1.82) is 0 Å². The first kappa shape index (κ1) is 10.6. The molecule has 0 aliphatic carbocycles. The third-order valence-corrected chi connectivity index (χ3v) is 4.05. The monoisotopic (exact) mass is 224 g/mol. The van der Waals surface area contributed by atoms with Gasteiger partial charge in [-0.1, -0.05) is 12.1 Å². The Morgan fingerprint density at radius 3 is 2.87 bits per heavy atom. The average Bonchev–Trinajstić information content (AvgIpc) is 2.71. The van der Waals surface area contributed by atoms with Crippen molar-refractivity contribution in [2.45, 2.75) is 12.0 Å². The highest BCUT2D eigenvalue weighted by molar-refractivity contribution is 7.99. The lowest BCUT2D eigenvalue weighted by Crippen LogP contribution is -2.45. The summed E-state index contributed by atoms with van der Waals surface area (Å²) < 4.78 is 0. The van der Waals surface area contributed by atoms with Crippen molar-refractivity contribution < 1.29 is 5.11 Å². The third kappa shape index (κ3) is 2.21. The Labute approximate surface area is 94.1 Å². The summed E-state index contributed by atoms with van der Waals surface area (Å²) in [6.45, 7) is 0.605. The zero-order valence-corrected chi connectivity index (χ0v) is 9.39. The Balaban J connectivity index is 2.16. The zero-order valence-electron chi connectivity index (χ0n) is 8.57. The largest absolute Gasteiger partial charge is 0.506 e. The van der Waals surface area contributed by atoms with Gasteiger partial charge in [0.25, 0.3) is 0 Å². The van der Waals surface area contributed by atoms with E-state index in [0.717, 1.165) is 23.6 Å². The van der Waals surface area contributed by atoms with E-state index in [0.29, 0.717) is 12.3 Å². The molecule has 0 amide bonds. The highest BCUT2D eigenvalue weighted by Crippen LogP contribution is 2.33. The maximum Gasteiger partial charge on any atom is 0.138 e. The van der Waals surface area contributed by atoms with Crippen molar-refractivity contribution in [1.82, 2.24) is 0 Å². The minimum Gasteiger partial charge on any atom is -0.506 e. The van der Waals surface area contributed by atoms with E-state index in [1.807, 2.05) is 30.0 Å². The predicted molar refractivity (Wildman–Crippen MR) is 65.5 cm³/mol. The van der Waals surface area contributed by atoms with Gasteiger partial charge >= 0.3 is 0 Å². The van der Waals surface area contributed by atoms with E-state index in [2.05, 4.69) is 5.32 Å². The molecule has 2 rings (SSSR count). The zero-order chi connectivity index (χ0) is 10.7. The molecule has 82 valence electrons. The van der Waals surface area contributed by atoms with Crippen molar-refractivity contribution >= 4 is 17.4 Å². The summed E-state index contributed by atoms with van der Waals surface area (Å²) in [5, 5.41) is 13.0. The van der Waals surface area contributed by atoms with Crippen LogP contribution in [-0.4, -0.2) is 28.7 Å². The number of nitrogens with one attached hydrogen (secondary N) is 1. The standard InChI is InChI=1S/C11H16N2OS/c12-7-11(5-6-15-8-11)13-9-3-1-2-4-10(9)14/h1-4,13-14H,5-8,12H2. The smallest absolute Gasteiger partial charge is 0.138 e. The van der Waals surface area contributed by atoms with Gasteiger partial charge in [-0.2, -0.15) is 11.8 Å². The summed E-state index contributed by atoms with van der Waals surface area (Å²) in [6.07, 6.45) is 1.06. The SMILES string of the molecule is NCC1(Nc2ccccc2O)CCSC1. The second-order valence-corrected chi connectivity index (χ2v) is 5.03. The van der Waals surface area contributed by atoms with Crippen LogP contribution in [0.15, 0.2) is 24.3 Å². The fourth-order valence-electron chi connectivity index (χ4n) is 1.78. The maximum absolute atomic E-state index is 9.67. The molecule has 1 aliphatic heterocycles. The molecule has 0 spiro atoms. The molecule has 4 N–H and O–H groups in total. The van der Waals surface area contributed by atoms with E-state index >= 15 is 0 Å². The van der Waals surface area contributed by atoms with Gasteiger partial charge < -0.3 is 16.2 Å². The maximum atomic E-state index is 9.67. The first-order valence-electron chi connectivity index (χ1n) is 5.10. The lowest BCUT2D eigenvalue weighted by atomic mass is 9.98. The molecule has 1 atom stereocenters. The van der Waals surface area contributed by atoms with E-state index in [9.17, 15) is 5.11 Å². The van der Waals surface area contributed by atoms with Crippen LogP contribution in [-0.2, 0) is 0 Å². The third-order valence-electron chi connectivity index (χ3n) is 2.80. The van der Waals surface area contributed by atoms with E-state index in [-0.39, 0.29) is 5.54 Å². The fourth-order valence-corrected chi connectivity index (χ4v) is 3.19. The van der Waals surface area contributed by atoms with Crippen LogP contribution in [0.3, 0.4) is 0 Å². The van der Waals surface area contributed by atoms with Gasteiger partial charge in [0.05, 0.1) is 11.2 Å². The normalized spacial score (nSPS) is 25.4. The number of nitrogens with two attached hydrogens (primary N) is 1. The molecule has 1 aliphatic rings. The van der Waals surface area contributed by atoms with Gasteiger partial charge in [-0.05, 0) is 24.3 Å². The highest BCUT2D eigenvalue weighted by atomic mass is 32.2. The second kappa shape index (κ2) is 4.33. The highest BCUT2D eigenvalue weighted by Gasteiger charge is 2.33. The van der Waals surface area contributed by atoms with Gasteiger partial charge in [-0.3, -0.25) is 0 Å². The number of rotatable bonds is 3. The molecule has 3 nitrogen and oxygen atoms in total. The number of hydrogen-bond acceptors (Lipinski definition) is 4. The van der Waals surface area contributed by atoms with Crippen LogP contribution in [0, 0.1) is 0 Å². The van der Waals surface area contributed by atoms with Gasteiger partial charge in [0.2, 0.25) is 0 Å². The van der Waals surface area contributed by atoms with Crippen molar-refractivity contribution in [3.05, 3.63) is 24.3 Å². The Morgan fingerprint density at radius 2 is 2.27 bits per heavy atom. The number of para-hydroxylation sites is 2. The number of phenolic OH excluding ortho intramolecular Hbond substituents is 1. The summed E-state index contributed by atoms with van der Waals surface area (Å²) in [5.74, 6) is 2.44. The Morgan fingerprint density at radius 1 is 1.47 bits per heavy atom. The van der Waals surface area contributed by atoms with E-state index in [4.69, 9.17) is 5.73 Å². The number of anilines is 1. The van der Waals surface area contributed by atoms with E-state index < -0.39 is 0 Å². The van der Waals surface area contributed by atoms with E-state index in [1.54, 1.807) is 6.07 Å². The molecule has 0 bridgehead atoms. The predicted octanol–water partition coefficient (Wildman–Crippen LogP) is 1.64. The molecule has 4 heteroatoms. The summed E-state index contributed by atoms with van der Waals surface area (Å²) in [7, 11) is 0. The topological polar surface area (TPSA) is 58.3 Å². The molecular weight excluding hydrogens is 208 g/mol. The van der Waals surface area contributed by atoms with Crippen LogP contribution >= 0.6 is 11.8 Å². The van der Waals surface area contributed by atoms with Crippen molar-refractivity contribution in [3.63, 3.8) is 0 Å². The quantitative estimate of drug-likeness (QED) is 0.683. The molecule has 0 radical (unpaired) electrons. The van der Waals surface area contributed by atoms with Crippen LogP contribution in [0.1, 0.15) is 6.42 Å². The average molecular weight is 224 g/mol. The molecule has 1 aromatic carbocycles. The lowest BCUT2D eigenvalue weighted by Gasteiger charge is -2.29. The molecule has 1 heterocycles. The summed E-state index contributed by atoms with van der Waals surface area (Å²) >= 11 is 1.91. The van der Waals surface area contributed by atoms with Crippen molar-refractivity contribution in [3.8, 4) is 5.75 Å².